The van der Waals surface area contributed by atoms with Crippen molar-refractivity contribution in [2.75, 3.05) is 0 Å². The third-order valence-corrected chi connectivity index (χ3v) is 7.35. The van der Waals surface area contributed by atoms with E-state index >= 15 is 0 Å². The fourth-order valence-electron chi connectivity index (χ4n) is 3.78. The minimum atomic E-state index is -0.110. The predicted molar refractivity (Wildman–Crippen MR) is 125 cm³/mol. The molecule has 1 aliphatic carbocycles. The molecule has 0 spiro atoms. The second-order valence-electron chi connectivity index (χ2n) is 7.78. The molecule has 0 atom stereocenters. The number of aromatic amines is 1. The van der Waals surface area contributed by atoms with Gasteiger partial charge >= 0.3 is 0 Å². The van der Waals surface area contributed by atoms with Crippen molar-refractivity contribution in [3.05, 3.63) is 81.9 Å². The first-order chi connectivity index (χ1) is 15.8. The number of nitrogens with one attached hydrogen (secondary N) is 1. The van der Waals surface area contributed by atoms with Gasteiger partial charge in [-0.15, -0.1) is 21.5 Å². The van der Waals surface area contributed by atoms with Crippen LogP contribution in [-0.2, 0) is 12.3 Å². The second-order valence-corrected chi connectivity index (χ2v) is 9.58. The lowest BCUT2D eigenvalue weighted by Gasteiger charge is -2.08. The van der Waals surface area contributed by atoms with Crippen LogP contribution in [0.1, 0.15) is 36.2 Å². The van der Waals surface area contributed by atoms with Crippen LogP contribution >= 0.6 is 23.1 Å². The van der Waals surface area contributed by atoms with Crippen LogP contribution in [0.15, 0.2) is 68.5 Å². The molecule has 0 bridgehead atoms. The maximum Gasteiger partial charge on any atom is 0.260 e. The molecular weight excluding hydrogens is 442 g/mol. The highest BCUT2D eigenvalue weighted by Gasteiger charge is 2.30. The standard InChI is InChI=1S/C23H19N5O2S2/c29-21-19-17(14-5-2-1-3-6-14)12-31-22(19)25-18(24-21)13-32-23-27-26-20(15-8-9-15)28(23)11-16-7-4-10-30-16/h1-7,10,12,15H,8-9,11,13H2,(H,24,25,29). The number of H-pyrrole nitrogens is 1. The molecule has 0 unspecified atom stereocenters. The van der Waals surface area contributed by atoms with Crippen LogP contribution < -0.4 is 5.56 Å². The molecule has 0 saturated heterocycles. The summed E-state index contributed by atoms with van der Waals surface area (Å²) in [4.78, 5) is 21.3. The summed E-state index contributed by atoms with van der Waals surface area (Å²) in [5.74, 6) is 3.49. The van der Waals surface area contributed by atoms with E-state index in [1.165, 1.54) is 23.1 Å². The normalized spacial score (nSPS) is 13.8. The Morgan fingerprint density at radius 1 is 1.16 bits per heavy atom. The zero-order valence-electron chi connectivity index (χ0n) is 17.0. The number of thiophene rings is 1. The molecule has 5 aromatic rings. The van der Waals surface area contributed by atoms with Crippen molar-refractivity contribution in [2.45, 2.75) is 36.2 Å². The third-order valence-electron chi connectivity index (χ3n) is 5.50. The van der Waals surface area contributed by atoms with Gasteiger partial charge in [0.15, 0.2) is 5.16 Å². The number of hydrogen-bond acceptors (Lipinski definition) is 7. The van der Waals surface area contributed by atoms with Crippen molar-refractivity contribution in [3.63, 3.8) is 0 Å². The number of nitrogens with zero attached hydrogens (tertiary/aromatic N) is 4. The fourth-order valence-corrected chi connectivity index (χ4v) is 5.56. The van der Waals surface area contributed by atoms with Crippen molar-refractivity contribution in [1.29, 1.82) is 0 Å². The van der Waals surface area contributed by atoms with Crippen LogP contribution in [-0.4, -0.2) is 24.7 Å². The Kier molecular flexibility index (Phi) is 4.92. The first-order valence-electron chi connectivity index (χ1n) is 10.4. The number of fused-ring (bicyclic) bond motifs is 1. The lowest BCUT2D eigenvalue weighted by molar-refractivity contribution is 0.478. The summed E-state index contributed by atoms with van der Waals surface area (Å²) in [6.07, 6.45) is 3.97. The van der Waals surface area contributed by atoms with Crippen LogP contribution in [0.3, 0.4) is 0 Å². The summed E-state index contributed by atoms with van der Waals surface area (Å²) < 4.78 is 7.66. The molecule has 1 saturated carbocycles. The maximum atomic E-state index is 12.9. The minimum Gasteiger partial charge on any atom is -0.467 e. The van der Waals surface area contributed by atoms with Crippen LogP contribution in [0.4, 0.5) is 0 Å². The van der Waals surface area contributed by atoms with Crippen molar-refractivity contribution in [1.82, 2.24) is 24.7 Å². The van der Waals surface area contributed by atoms with Gasteiger partial charge in [0, 0.05) is 16.9 Å². The second kappa shape index (κ2) is 8.07. The van der Waals surface area contributed by atoms with E-state index in [4.69, 9.17) is 9.40 Å². The Balaban J connectivity index is 1.28. The molecule has 6 rings (SSSR count). The van der Waals surface area contributed by atoms with Gasteiger partial charge in [-0.1, -0.05) is 42.1 Å². The van der Waals surface area contributed by atoms with E-state index in [0.29, 0.717) is 29.4 Å². The predicted octanol–water partition coefficient (Wildman–Crippen LogP) is 5.05. The topological polar surface area (TPSA) is 89.6 Å². The minimum absolute atomic E-state index is 0.110. The van der Waals surface area contributed by atoms with Crippen LogP contribution in [0.25, 0.3) is 21.3 Å². The molecule has 32 heavy (non-hydrogen) atoms. The van der Waals surface area contributed by atoms with Gasteiger partial charge in [0.05, 0.1) is 23.9 Å². The molecule has 9 heteroatoms. The fraction of sp³-hybridized carbons (Fsp3) is 0.217. The van der Waals surface area contributed by atoms with Gasteiger partial charge in [0.2, 0.25) is 0 Å². The Bertz CT molecular complexity index is 1430. The lowest BCUT2D eigenvalue weighted by Crippen LogP contribution is -2.11. The van der Waals surface area contributed by atoms with Crippen molar-refractivity contribution < 1.29 is 4.42 Å². The maximum absolute atomic E-state index is 12.9. The summed E-state index contributed by atoms with van der Waals surface area (Å²) in [5.41, 5.74) is 1.83. The number of furan rings is 1. The summed E-state index contributed by atoms with van der Waals surface area (Å²) >= 11 is 3.02. The highest BCUT2D eigenvalue weighted by atomic mass is 32.2. The van der Waals surface area contributed by atoms with Gasteiger partial charge in [-0.3, -0.25) is 9.36 Å². The zero-order valence-corrected chi connectivity index (χ0v) is 18.7. The summed E-state index contributed by atoms with van der Waals surface area (Å²) in [6, 6.07) is 13.8. The number of rotatable bonds is 7. The zero-order chi connectivity index (χ0) is 21.5. The van der Waals surface area contributed by atoms with E-state index in [0.717, 1.165) is 45.5 Å². The first kappa shape index (κ1) is 19.5. The van der Waals surface area contributed by atoms with Crippen molar-refractivity contribution in [2.24, 2.45) is 0 Å². The van der Waals surface area contributed by atoms with Gasteiger partial charge in [-0.25, -0.2) is 4.98 Å². The Hall–Kier alpha value is -3.17. The third kappa shape index (κ3) is 3.67. The monoisotopic (exact) mass is 461 g/mol. The van der Waals surface area contributed by atoms with Crippen LogP contribution in [0.5, 0.6) is 0 Å². The number of thioether (sulfide) groups is 1. The molecule has 160 valence electrons. The smallest absolute Gasteiger partial charge is 0.260 e. The van der Waals surface area contributed by atoms with Gasteiger partial charge in [0.25, 0.3) is 5.56 Å². The molecule has 7 nitrogen and oxygen atoms in total. The van der Waals surface area contributed by atoms with Crippen molar-refractivity contribution >= 4 is 33.3 Å². The Morgan fingerprint density at radius 3 is 2.81 bits per heavy atom. The number of aromatic nitrogens is 5. The average molecular weight is 462 g/mol. The molecule has 1 aromatic carbocycles. The highest BCUT2D eigenvalue weighted by molar-refractivity contribution is 7.98. The van der Waals surface area contributed by atoms with Crippen LogP contribution in [0.2, 0.25) is 0 Å². The van der Waals surface area contributed by atoms with Crippen molar-refractivity contribution in [3.8, 4) is 11.1 Å². The van der Waals surface area contributed by atoms with E-state index in [1.807, 2.05) is 47.8 Å². The summed E-state index contributed by atoms with van der Waals surface area (Å²) in [7, 11) is 0. The van der Waals surface area contributed by atoms with Gasteiger partial charge < -0.3 is 9.40 Å². The molecular formula is C23H19N5O2S2. The molecule has 1 fully saturated rings. The van der Waals surface area contributed by atoms with E-state index < -0.39 is 0 Å². The van der Waals surface area contributed by atoms with Gasteiger partial charge in [0.1, 0.15) is 22.2 Å². The molecule has 1 N–H and O–H groups in total. The Morgan fingerprint density at radius 2 is 2.03 bits per heavy atom. The average Bonchev–Trinajstić information content (AvgIpc) is 3.20. The molecule has 1 aliphatic rings. The molecule has 0 aliphatic heterocycles. The molecule has 4 aromatic heterocycles. The van der Waals surface area contributed by atoms with E-state index in [-0.39, 0.29) is 5.56 Å². The van der Waals surface area contributed by atoms with E-state index in [9.17, 15) is 4.79 Å². The van der Waals surface area contributed by atoms with Gasteiger partial charge in [-0.05, 0) is 30.5 Å². The Labute approximate surface area is 191 Å². The molecule has 0 radical (unpaired) electrons. The first-order valence-corrected chi connectivity index (χ1v) is 12.3. The number of benzene rings is 1. The SMILES string of the molecule is O=c1[nH]c(CSc2nnc(C3CC3)n2Cc2ccco2)nc2scc(-c3ccccc3)c12. The van der Waals surface area contributed by atoms with Crippen LogP contribution in [0, 0.1) is 0 Å². The van der Waals surface area contributed by atoms with E-state index in [1.54, 1.807) is 6.26 Å². The largest absolute Gasteiger partial charge is 0.467 e. The summed E-state index contributed by atoms with van der Waals surface area (Å²) in [5, 5.41) is 12.3. The highest BCUT2D eigenvalue weighted by Crippen LogP contribution is 2.40. The number of hydrogen-bond donors (Lipinski definition) is 1. The lowest BCUT2D eigenvalue weighted by atomic mass is 10.1. The van der Waals surface area contributed by atoms with Gasteiger partial charge in [-0.2, -0.15) is 0 Å². The molecule has 0 amide bonds. The summed E-state index contributed by atoms with van der Waals surface area (Å²) in [6.45, 7) is 0.600. The van der Waals surface area contributed by atoms with E-state index in [2.05, 4.69) is 19.7 Å². The molecule has 4 heterocycles. The quantitative estimate of drug-likeness (QED) is 0.341.